The zero-order valence-corrected chi connectivity index (χ0v) is 18.8. The van der Waals surface area contributed by atoms with E-state index in [1.54, 1.807) is 12.1 Å². The molecule has 2 aliphatic heterocycles. The summed E-state index contributed by atoms with van der Waals surface area (Å²) in [4.78, 5) is 3.11. The van der Waals surface area contributed by atoms with E-state index in [-0.39, 0.29) is 16.9 Å². The maximum absolute atomic E-state index is 13.7. The fourth-order valence-corrected chi connectivity index (χ4v) is 7.36. The van der Waals surface area contributed by atoms with Crippen LogP contribution in [0.1, 0.15) is 55.1 Å². The molecule has 0 spiro atoms. The number of piperidine rings is 1. The van der Waals surface area contributed by atoms with Crippen molar-refractivity contribution in [2.75, 3.05) is 0 Å². The number of fused-ring (bicyclic) bond motifs is 5. The summed E-state index contributed by atoms with van der Waals surface area (Å²) >= 11 is 6.26. The molecule has 1 aromatic heterocycles. The van der Waals surface area contributed by atoms with Gasteiger partial charge in [-0.05, 0) is 72.4 Å². The van der Waals surface area contributed by atoms with Crippen LogP contribution >= 0.6 is 11.6 Å². The molecule has 10 heteroatoms. The first-order valence-electron chi connectivity index (χ1n) is 10.6. The number of rotatable bonds is 4. The van der Waals surface area contributed by atoms with E-state index < -0.39 is 34.0 Å². The number of nitrogens with zero attached hydrogens (tertiary/aromatic N) is 2. The number of nitrogens with two attached hydrogens (primary N) is 1. The minimum absolute atomic E-state index is 0.0990. The molecular weight excluding hydrogens is 463 g/mol. The van der Waals surface area contributed by atoms with Crippen molar-refractivity contribution in [1.82, 2.24) is 9.29 Å². The first-order valence-corrected chi connectivity index (χ1v) is 12.4. The molecule has 6 unspecified atom stereocenters. The molecule has 3 aliphatic rings. The van der Waals surface area contributed by atoms with E-state index in [2.05, 4.69) is 11.9 Å². The number of hydrogen-bond donors (Lipinski definition) is 1. The highest BCUT2D eigenvalue weighted by atomic mass is 35.5. The van der Waals surface area contributed by atoms with Gasteiger partial charge in [0.2, 0.25) is 10.0 Å². The van der Waals surface area contributed by atoms with Crippen LogP contribution in [0, 0.1) is 17.8 Å². The largest absolute Gasteiger partial charge is 0.433 e. The second-order valence-corrected chi connectivity index (χ2v) is 11.5. The third-order valence-electron chi connectivity index (χ3n) is 7.21. The van der Waals surface area contributed by atoms with Crippen molar-refractivity contribution in [2.24, 2.45) is 23.5 Å². The van der Waals surface area contributed by atoms with Crippen LogP contribution in [0.2, 0.25) is 5.02 Å². The molecule has 2 bridgehead atoms. The Bertz CT molecular complexity index is 1160. The summed E-state index contributed by atoms with van der Waals surface area (Å²) < 4.78 is 67.6. The number of hydrogen-bond acceptors (Lipinski definition) is 4. The Morgan fingerprint density at radius 2 is 1.91 bits per heavy atom. The fourth-order valence-electron chi connectivity index (χ4n) is 5.41. The molecule has 3 heterocycles. The lowest BCUT2D eigenvalue weighted by Crippen LogP contribution is -2.49. The molecule has 2 N–H and O–H groups in total. The minimum Gasteiger partial charge on any atom is -0.327 e. The number of pyridine rings is 1. The summed E-state index contributed by atoms with van der Waals surface area (Å²) in [6, 6.07) is 5.89. The summed E-state index contributed by atoms with van der Waals surface area (Å²) in [5.74, 6) is 0.991. The van der Waals surface area contributed by atoms with Crippen molar-refractivity contribution >= 4 is 21.6 Å². The van der Waals surface area contributed by atoms with Crippen molar-refractivity contribution in [3.8, 4) is 0 Å². The van der Waals surface area contributed by atoms with Gasteiger partial charge in [0.15, 0.2) is 0 Å². The van der Waals surface area contributed by atoms with Gasteiger partial charge in [-0.1, -0.05) is 24.6 Å². The number of sulfonamides is 1. The van der Waals surface area contributed by atoms with Gasteiger partial charge < -0.3 is 5.73 Å². The highest BCUT2D eigenvalue weighted by Crippen LogP contribution is 2.58. The topological polar surface area (TPSA) is 76.3 Å². The number of halogens is 4. The first kappa shape index (κ1) is 22.1. The average Bonchev–Trinajstić information content (AvgIpc) is 3.35. The molecule has 1 aromatic carbocycles. The summed E-state index contributed by atoms with van der Waals surface area (Å²) in [7, 11) is -4.12. The fraction of sp³-hybridized carbons (Fsp3) is 0.500. The van der Waals surface area contributed by atoms with Crippen LogP contribution in [-0.2, 0) is 16.2 Å². The van der Waals surface area contributed by atoms with Gasteiger partial charge in [-0.15, -0.1) is 0 Å². The Labute approximate surface area is 189 Å². The van der Waals surface area contributed by atoms with Crippen molar-refractivity contribution in [3.05, 3.63) is 58.4 Å². The Balaban J connectivity index is 1.58. The predicted octanol–water partition coefficient (Wildman–Crippen LogP) is 4.93. The van der Waals surface area contributed by atoms with E-state index in [0.717, 1.165) is 36.2 Å². The van der Waals surface area contributed by atoms with Crippen molar-refractivity contribution in [1.29, 1.82) is 0 Å². The highest BCUT2D eigenvalue weighted by molar-refractivity contribution is 7.89. The smallest absolute Gasteiger partial charge is 0.327 e. The molecule has 5 nitrogen and oxygen atoms in total. The van der Waals surface area contributed by atoms with Gasteiger partial charge >= 0.3 is 6.18 Å². The van der Waals surface area contributed by atoms with Gasteiger partial charge in [0.1, 0.15) is 10.6 Å². The van der Waals surface area contributed by atoms with E-state index in [4.69, 9.17) is 17.3 Å². The molecule has 1 saturated heterocycles. The Kier molecular flexibility index (Phi) is 5.13. The third-order valence-corrected chi connectivity index (χ3v) is 9.32. The summed E-state index contributed by atoms with van der Waals surface area (Å²) in [6.45, 7) is 2.17. The van der Waals surface area contributed by atoms with E-state index in [0.29, 0.717) is 29.3 Å². The van der Waals surface area contributed by atoms with Gasteiger partial charge in [-0.25, -0.2) is 8.42 Å². The SMILES string of the molecule is CC1CC1CC1C(N)CC2c3ccc(Cl)cc3C1N2S(=O)(=O)c1ccc(C(F)(F)F)nc1. The van der Waals surface area contributed by atoms with Gasteiger partial charge in [0.25, 0.3) is 0 Å². The Hall–Kier alpha value is -1.68. The highest BCUT2D eigenvalue weighted by Gasteiger charge is 2.55. The van der Waals surface area contributed by atoms with Gasteiger partial charge in [0.05, 0.1) is 12.1 Å². The standard InChI is InChI=1S/C22H23ClF3N3O2S/c1-11-6-12(11)7-17-18(27)9-19-15-4-2-13(23)8-16(15)21(17)29(19)32(30,31)14-3-5-20(28-10-14)22(24,25)26/h2-5,8,10-12,17-19,21H,6-7,9,27H2,1H3. The lowest BCUT2D eigenvalue weighted by atomic mass is 9.82. The molecule has 6 atom stereocenters. The maximum atomic E-state index is 13.7. The zero-order valence-electron chi connectivity index (χ0n) is 17.3. The molecule has 0 radical (unpaired) electrons. The third kappa shape index (κ3) is 3.54. The van der Waals surface area contributed by atoms with Crippen LogP contribution in [0.25, 0.3) is 0 Å². The van der Waals surface area contributed by atoms with Crippen LogP contribution < -0.4 is 5.73 Å². The molecule has 5 rings (SSSR count). The van der Waals surface area contributed by atoms with Crippen molar-refractivity contribution in [2.45, 2.75) is 55.4 Å². The van der Waals surface area contributed by atoms with Crippen LogP contribution in [0.15, 0.2) is 41.4 Å². The van der Waals surface area contributed by atoms with Crippen LogP contribution in [0.3, 0.4) is 0 Å². The molecule has 2 fully saturated rings. The molecule has 32 heavy (non-hydrogen) atoms. The molecule has 172 valence electrons. The van der Waals surface area contributed by atoms with Gasteiger partial charge in [0, 0.05) is 17.3 Å². The quantitative estimate of drug-likeness (QED) is 0.666. The normalized spacial score (nSPS) is 32.1. The monoisotopic (exact) mass is 485 g/mol. The van der Waals surface area contributed by atoms with Crippen LogP contribution in [0.4, 0.5) is 13.2 Å². The number of aromatic nitrogens is 1. The summed E-state index contributed by atoms with van der Waals surface area (Å²) in [5, 5.41) is 0.511. The van der Waals surface area contributed by atoms with E-state index in [1.807, 2.05) is 6.07 Å². The molecule has 2 aromatic rings. The minimum atomic E-state index is -4.64. The van der Waals surface area contributed by atoms with Gasteiger partial charge in [-0.2, -0.15) is 17.5 Å². The Morgan fingerprint density at radius 1 is 1.19 bits per heavy atom. The molecule has 1 aliphatic carbocycles. The summed E-state index contributed by atoms with van der Waals surface area (Å²) in [6.07, 6.45) is -1.50. The summed E-state index contributed by atoms with van der Waals surface area (Å²) in [5.41, 5.74) is 7.14. The maximum Gasteiger partial charge on any atom is 0.433 e. The van der Waals surface area contributed by atoms with E-state index in [9.17, 15) is 21.6 Å². The van der Waals surface area contributed by atoms with Crippen molar-refractivity contribution in [3.63, 3.8) is 0 Å². The van der Waals surface area contributed by atoms with Gasteiger partial charge in [-0.3, -0.25) is 4.98 Å². The lowest BCUT2D eigenvalue weighted by Gasteiger charge is -2.43. The average molecular weight is 486 g/mol. The second-order valence-electron chi connectivity index (χ2n) is 9.22. The van der Waals surface area contributed by atoms with Crippen LogP contribution in [-0.4, -0.2) is 23.7 Å². The lowest BCUT2D eigenvalue weighted by molar-refractivity contribution is -0.141. The predicted molar refractivity (Wildman–Crippen MR) is 113 cm³/mol. The molecule has 1 saturated carbocycles. The van der Waals surface area contributed by atoms with Crippen molar-refractivity contribution < 1.29 is 21.6 Å². The second kappa shape index (κ2) is 7.41. The number of alkyl halides is 3. The molecular formula is C22H23ClF3N3O2S. The van der Waals surface area contributed by atoms with E-state index >= 15 is 0 Å². The zero-order chi connectivity index (χ0) is 23.0. The molecule has 0 amide bonds. The Morgan fingerprint density at radius 3 is 2.50 bits per heavy atom. The van der Waals surface area contributed by atoms with E-state index in [1.165, 1.54) is 4.31 Å². The van der Waals surface area contributed by atoms with Crippen LogP contribution in [0.5, 0.6) is 0 Å². The number of benzene rings is 1. The first-order chi connectivity index (χ1) is 15.0.